The number of carbonyl (C=O) groups is 1. The Balaban J connectivity index is 1.72. The van der Waals surface area contributed by atoms with E-state index in [9.17, 15) is 9.18 Å². The van der Waals surface area contributed by atoms with E-state index >= 15 is 0 Å². The number of aryl methyl sites for hydroxylation is 2. The van der Waals surface area contributed by atoms with Crippen LogP contribution in [0.25, 0.3) is 27.9 Å². The summed E-state index contributed by atoms with van der Waals surface area (Å²) in [4.78, 5) is 21.9. The van der Waals surface area contributed by atoms with Gasteiger partial charge in [-0.05, 0) is 42.8 Å². The number of anilines is 1. The highest BCUT2D eigenvalue weighted by molar-refractivity contribution is 6.13. The van der Waals surface area contributed by atoms with Crippen molar-refractivity contribution in [3.8, 4) is 5.95 Å². The molecule has 0 aliphatic heterocycles. The van der Waals surface area contributed by atoms with E-state index in [1.54, 1.807) is 42.1 Å². The zero-order valence-electron chi connectivity index (χ0n) is 16.4. The standard InChI is InChI=1S/C23H18FN5O/c1-14-8-9-15(12-17(14)24)27-22(30)20-13-19-21(29(20)23-25-10-5-11-26-23)16-6-3-4-7-18(16)28(19)2/h3-13H,1-2H3,(H,27,30). The fourth-order valence-electron chi connectivity index (χ4n) is 3.75. The first-order chi connectivity index (χ1) is 14.5. The topological polar surface area (TPSA) is 64.7 Å². The minimum absolute atomic E-state index is 0.369. The zero-order valence-corrected chi connectivity index (χ0v) is 16.4. The van der Waals surface area contributed by atoms with Crippen molar-refractivity contribution in [2.45, 2.75) is 6.92 Å². The second kappa shape index (κ2) is 6.81. The third-order valence-electron chi connectivity index (χ3n) is 5.28. The summed E-state index contributed by atoms with van der Waals surface area (Å²) in [6.07, 6.45) is 3.27. The van der Waals surface area contributed by atoms with Gasteiger partial charge >= 0.3 is 0 Å². The van der Waals surface area contributed by atoms with Gasteiger partial charge < -0.3 is 9.88 Å². The molecule has 0 radical (unpaired) electrons. The SMILES string of the molecule is Cc1ccc(NC(=O)c2cc3c(c4ccccc4n3C)n2-c2ncccn2)cc1F. The van der Waals surface area contributed by atoms with Crippen LogP contribution in [0.2, 0.25) is 0 Å². The summed E-state index contributed by atoms with van der Waals surface area (Å²) in [6.45, 7) is 1.68. The van der Waals surface area contributed by atoms with Gasteiger partial charge in [0.2, 0.25) is 5.95 Å². The van der Waals surface area contributed by atoms with Crippen LogP contribution in [0.3, 0.4) is 0 Å². The molecule has 7 heteroatoms. The third-order valence-corrected chi connectivity index (χ3v) is 5.28. The maximum Gasteiger partial charge on any atom is 0.272 e. The van der Waals surface area contributed by atoms with Crippen LogP contribution < -0.4 is 5.32 Å². The highest BCUT2D eigenvalue weighted by atomic mass is 19.1. The van der Waals surface area contributed by atoms with Gasteiger partial charge in [0.15, 0.2) is 0 Å². The Morgan fingerprint density at radius 1 is 1.00 bits per heavy atom. The van der Waals surface area contributed by atoms with Crippen LogP contribution in [-0.2, 0) is 7.05 Å². The van der Waals surface area contributed by atoms with E-state index in [-0.39, 0.29) is 11.7 Å². The minimum Gasteiger partial charge on any atom is -0.342 e. The first-order valence-electron chi connectivity index (χ1n) is 9.48. The molecule has 0 saturated heterocycles. The van der Waals surface area contributed by atoms with Gasteiger partial charge in [0.25, 0.3) is 5.91 Å². The summed E-state index contributed by atoms with van der Waals surface area (Å²) in [5, 5.41) is 3.78. The van der Waals surface area contributed by atoms with E-state index in [1.807, 2.05) is 41.9 Å². The number of fused-ring (bicyclic) bond motifs is 3. The van der Waals surface area contributed by atoms with Crippen LogP contribution in [0, 0.1) is 12.7 Å². The fourth-order valence-corrected chi connectivity index (χ4v) is 3.75. The number of nitrogens with one attached hydrogen (secondary N) is 1. The molecule has 3 heterocycles. The van der Waals surface area contributed by atoms with Crippen molar-refractivity contribution in [1.82, 2.24) is 19.1 Å². The van der Waals surface area contributed by atoms with Crippen LogP contribution in [0.5, 0.6) is 0 Å². The Hall–Kier alpha value is -4.00. The molecule has 5 rings (SSSR count). The Labute approximate surface area is 171 Å². The van der Waals surface area contributed by atoms with E-state index in [2.05, 4.69) is 15.3 Å². The van der Waals surface area contributed by atoms with Crippen molar-refractivity contribution in [3.63, 3.8) is 0 Å². The predicted molar refractivity (Wildman–Crippen MR) is 114 cm³/mol. The third kappa shape index (κ3) is 2.75. The molecular formula is C23H18FN5O. The van der Waals surface area contributed by atoms with Crippen molar-refractivity contribution in [3.05, 3.63) is 84.1 Å². The van der Waals surface area contributed by atoms with Crippen molar-refractivity contribution in [2.75, 3.05) is 5.32 Å². The molecule has 1 amide bonds. The molecule has 0 spiro atoms. The van der Waals surface area contributed by atoms with Crippen LogP contribution in [0.15, 0.2) is 67.0 Å². The predicted octanol–water partition coefficient (Wildman–Crippen LogP) is 4.61. The Bertz CT molecular complexity index is 1420. The van der Waals surface area contributed by atoms with Gasteiger partial charge in [-0.2, -0.15) is 0 Å². The maximum absolute atomic E-state index is 13.9. The highest BCUT2D eigenvalue weighted by Gasteiger charge is 2.23. The number of halogens is 1. The average Bonchev–Trinajstić information content (AvgIpc) is 3.28. The zero-order chi connectivity index (χ0) is 20.8. The van der Waals surface area contributed by atoms with Crippen molar-refractivity contribution in [1.29, 1.82) is 0 Å². The first kappa shape index (κ1) is 18.1. The number of carbonyl (C=O) groups excluding carboxylic acids is 1. The second-order valence-electron chi connectivity index (χ2n) is 7.14. The van der Waals surface area contributed by atoms with Crippen LogP contribution >= 0.6 is 0 Å². The number of aromatic nitrogens is 4. The van der Waals surface area contributed by atoms with E-state index in [0.717, 1.165) is 21.9 Å². The highest BCUT2D eigenvalue weighted by Crippen LogP contribution is 2.32. The molecule has 0 bridgehead atoms. The number of rotatable bonds is 3. The molecule has 148 valence electrons. The fraction of sp³-hybridized carbons (Fsp3) is 0.0870. The molecule has 1 N–H and O–H groups in total. The molecule has 3 aromatic heterocycles. The second-order valence-corrected chi connectivity index (χ2v) is 7.14. The lowest BCUT2D eigenvalue weighted by molar-refractivity contribution is 0.102. The molecule has 0 fully saturated rings. The molecule has 0 unspecified atom stereocenters. The number of hydrogen-bond acceptors (Lipinski definition) is 3. The van der Waals surface area contributed by atoms with Crippen LogP contribution in [-0.4, -0.2) is 25.0 Å². The molecule has 5 aromatic rings. The summed E-state index contributed by atoms with van der Waals surface area (Å²) >= 11 is 0. The Kier molecular flexibility index (Phi) is 4.10. The summed E-state index contributed by atoms with van der Waals surface area (Å²) in [7, 11) is 1.96. The van der Waals surface area contributed by atoms with Gasteiger partial charge in [0.05, 0.1) is 16.6 Å². The van der Waals surface area contributed by atoms with E-state index < -0.39 is 0 Å². The van der Waals surface area contributed by atoms with Gasteiger partial charge in [-0.3, -0.25) is 9.36 Å². The normalized spacial score (nSPS) is 11.3. The van der Waals surface area contributed by atoms with E-state index in [4.69, 9.17) is 0 Å². The number of amides is 1. The van der Waals surface area contributed by atoms with Gasteiger partial charge in [-0.25, -0.2) is 14.4 Å². The molecule has 6 nitrogen and oxygen atoms in total. The lowest BCUT2D eigenvalue weighted by Crippen LogP contribution is -2.17. The lowest BCUT2D eigenvalue weighted by atomic mass is 10.2. The first-order valence-corrected chi connectivity index (χ1v) is 9.48. The Morgan fingerprint density at radius 2 is 1.77 bits per heavy atom. The number of nitrogens with zero attached hydrogens (tertiary/aromatic N) is 4. The summed E-state index contributed by atoms with van der Waals surface area (Å²) in [5.41, 5.74) is 4.04. The van der Waals surface area contributed by atoms with Gasteiger partial charge in [-0.1, -0.05) is 24.3 Å². The average molecular weight is 399 g/mol. The summed E-state index contributed by atoms with van der Waals surface area (Å²) in [5.74, 6) is -0.346. The van der Waals surface area contributed by atoms with E-state index in [0.29, 0.717) is 22.9 Å². The van der Waals surface area contributed by atoms with Crippen LogP contribution in [0.4, 0.5) is 10.1 Å². The molecule has 0 atom stereocenters. The van der Waals surface area contributed by atoms with Crippen LogP contribution in [0.1, 0.15) is 16.1 Å². The van der Waals surface area contributed by atoms with Gasteiger partial charge in [0, 0.05) is 30.5 Å². The smallest absolute Gasteiger partial charge is 0.272 e. The molecule has 0 aliphatic carbocycles. The largest absolute Gasteiger partial charge is 0.342 e. The molecule has 0 saturated carbocycles. The number of para-hydroxylation sites is 1. The maximum atomic E-state index is 13.9. The van der Waals surface area contributed by atoms with Crippen molar-refractivity contribution >= 4 is 33.5 Å². The number of benzene rings is 2. The molecular weight excluding hydrogens is 381 g/mol. The monoisotopic (exact) mass is 399 g/mol. The van der Waals surface area contributed by atoms with Gasteiger partial charge in [-0.15, -0.1) is 0 Å². The molecule has 2 aromatic carbocycles. The van der Waals surface area contributed by atoms with E-state index in [1.165, 1.54) is 6.07 Å². The van der Waals surface area contributed by atoms with Crippen molar-refractivity contribution in [2.24, 2.45) is 7.05 Å². The quantitative estimate of drug-likeness (QED) is 0.482. The lowest BCUT2D eigenvalue weighted by Gasteiger charge is -2.10. The number of hydrogen-bond donors (Lipinski definition) is 1. The van der Waals surface area contributed by atoms with Gasteiger partial charge in [0.1, 0.15) is 11.5 Å². The molecule has 0 aliphatic rings. The Morgan fingerprint density at radius 3 is 2.53 bits per heavy atom. The molecule has 30 heavy (non-hydrogen) atoms. The summed E-state index contributed by atoms with van der Waals surface area (Å²) < 4.78 is 17.7. The minimum atomic E-state index is -0.370. The van der Waals surface area contributed by atoms with Crippen molar-refractivity contribution < 1.29 is 9.18 Å². The summed E-state index contributed by atoms with van der Waals surface area (Å²) in [6, 6.07) is 16.1.